The molecule has 2 N–H and O–H groups in total. The summed E-state index contributed by atoms with van der Waals surface area (Å²) in [6.45, 7) is 2.63. The van der Waals surface area contributed by atoms with Crippen LogP contribution in [0.25, 0.3) is 0 Å². The third-order valence-corrected chi connectivity index (χ3v) is 10.3. The van der Waals surface area contributed by atoms with Crippen molar-refractivity contribution in [1.29, 1.82) is 0 Å². The monoisotopic (exact) mass is 598 g/mol. The topological polar surface area (TPSA) is 113 Å². The van der Waals surface area contributed by atoms with Crippen LogP contribution < -0.4 is 5.73 Å². The average Bonchev–Trinajstić information content (AvgIpc) is 3.53. The molecule has 41 heavy (non-hydrogen) atoms. The first-order valence-corrected chi connectivity index (χ1v) is 16.1. The molecule has 9 nitrogen and oxygen atoms in total. The van der Waals surface area contributed by atoms with Gasteiger partial charge in [-0.25, -0.2) is 17.5 Å². The van der Waals surface area contributed by atoms with E-state index < -0.39 is 22.0 Å². The van der Waals surface area contributed by atoms with Crippen LogP contribution >= 0.6 is 11.3 Å². The van der Waals surface area contributed by atoms with Gasteiger partial charge in [0.25, 0.3) is 0 Å². The maximum Gasteiger partial charge on any atom is 0.410 e. The van der Waals surface area contributed by atoms with E-state index in [1.54, 1.807) is 48.7 Å². The summed E-state index contributed by atoms with van der Waals surface area (Å²) in [5.74, 6) is -0.520. The summed E-state index contributed by atoms with van der Waals surface area (Å²) in [4.78, 5) is 29.9. The van der Waals surface area contributed by atoms with Gasteiger partial charge in [-0.05, 0) is 54.9 Å². The number of likely N-dealkylation sites (N-methyl/N-ethyl adjacent to an activating group) is 1. The van der Waals surface area contributed by atoms with E-state index in [4.69, 9.17) is 10.5 Å². The van der Waals surface area contributed by atoms with Gasteiger partial charge in [0.1, 0.15) is 13.2 Å². The first-order chi connectivity index (χ1) is 19.7. The van der Waals surface area contributed by atoms with E-state index in [-0.39, 0.29) is 30.0 Å². The van der Waals surface area contributed by atoms with Crippen LogP contribution in [0.5, 0.6) is 0 Å². The molecular weight excluding hydrogens is 560 g/mol. The lowest BCUT2D eigenvalue weighted by molar-refractivity contribution is -0.119. The molecule has 1 aliphatic heterocycles. The maximum atomic E-state index is 13.1. The number of nitrogens with two attached hydrogens (primary N) is 1. The molecule has 3 aromatic rings. The lowest BCUT2D eigenvalue weighted by atomic mass is 10.00. The van der Waals surface area contributed by atoms with Crippen molar-refractivity contribution < 1.29 is 22.7 Å². The summed E-state index contributed by atoms with van der Waals surface area (Å²) in [7, 11) is -1.95. The van der Waals surface area contributed by atoms with Gasteiger partial charge < -0.3 is 15.4 Å². The Morgan fingerprint density at radius 3 is 2.29 bits per heavy atom. The van der Waals surface area contributed by atoms with Crippen LogP contribution in [0.1, 0.15) is 35.6 Å². The van der Waals surface area contributed by atoms with Crippen molar-refractivity contribution in [2.45, 2.75) is 42.7 Å². The number of thiophene rings is 1. The number of nitrogens with zero attached hydrogens (tertiary/aromatic N) is 3. The van der Waals surface area contributed by atoms with Gasteiger partial charge in [-0.15, -0.1) is 11.3 Å². The van der Waals surface area contributed by atoms with Crippen molar-refractivity contribution in [2.75, 3.05) is 39.8 Å². The van der Waals surface area contributed by atoms with Crippen LogP contribution in [-0.2, 0) is 26.2 Å². The molecule has 1 unspecified atom stereocenters. The fraction of sp³-hybridized carbons (Fsp3) is 0.400. The van der Waals surface area contributed by atoms with Gasteiger partial charge in [0.05, 0.1) is 4.90 Å². The van der Waals surface area contributed by atoms with Crippen molar-refractivity contribution in [3.8, 4) is 0 Å². The predicted molar refractivity (Wildman–Crippen MR) is 160 cm³/mol. The van der Waals surface area contributed by atoms with Crippen molar-refractivity contribution >= 4 is 33.4 Å². The van der Waals surface area contributed by atoms with E-state index in [1.807, 2.05) is 41.8 Å². The standard InChI is InChI=1S/C30H38N4O5S2/c1-32(41(37,38)27-11-6-3-7-12-27)21-25(28-13-8-20-40-28)14-17-33-18-15-26(16-19-33)34(22-29(31)35)30(36)39-23-24-9-4-2-5-10-24/h2-13,20,25-26H,14-19,21-23H2,1H3,(H2,31,35). The van der Waals surface area contributed by atoms with Crippen molar-refractivity contribution in [2.24, 2.45) is 5.73 Å². The van der Waals surface area contributed by atoms with Crippen LogP contribution in [0, 0.1) is 0 Å². The number of sulfonamides is 1. The highest BCUT2D eigenvalue weighted by molar-refractivity contribution is 7.89. The summed E-state index contributed by atoms with van der Waals surface area (Å²) < 4.78 is 33.2. The molecule has 4 rings (SSSR count). The Morgan fingerprint density at radius 2 is 1.68 bits per heavy atom. The number of piperidine rings is 1. The van der Waals surface area contributed by atoms with Gasteiger partial charge in [0.2, 0.25) is 15.9 Å². The molecule has 2 aromatic carbocycles. The highest BCUT2D eigenvalue weighted by Crippen LogP contribution is 2.28. The Balaban J connectivity index is 1.32. The number of hydrogen-bond donors (Lipinski definition) is 1. The molecule has 1 saturated heterocycles. The van der Waals surface area contributed by atoms with E-state index >= 15 is 0 Å². The number of rotatable bonds is 13. The molecule has 1 aromatic heterocycles. The minimum absolute atomic E-state index is 0.0514. The van der Waals surface area contributed by atoms with Gasteiger partial charge in [-0.3, -0.25) is 9.69 Å². The van der Waals surface area contributed by atoms with Gasteiger partial charge >= 0.3 is 6.09 Å². The molecule has 2 amide bonds. The number of carbonyl (C=O) groups excluding carboxylic acids is 2. The van der Waals surface area contributed by atoms with E-state index in [0.29, 0.717) is 19.4 Å². The Labute approximate surface area is 246 Å². The summed E-state index contributed by atoms with van der Waals surface area (Å²) >= 11 is 1.64. The number of primary amides is 1. The van der Waals surface area contributed by atoms with Gasteiger partial charge in [-0.2, -0.15) is 0 Å². The molecule has 2 heterocycles. The molecule has 11 heteroatoms. The van der Waals surface area contributed by atoms with Crippen LogP contribution in [0.2, 0.25) is 0 Å². The average molecular weight is 599 g/mol. The highest BCUT2D eigenvalue weighted by atomic mass is 32.2. The number of carbonyl (C=O) groups is 2. The SMILES string of the molecule is CN(CC(CCN1CCC(N(CC(N)=O)C(=O)OCc2ccccc2)CC1)c1cccs1)S(=O)(=O)c1ccccc1. The molecule has 0 radical (unpaired) electrons. The molecule has 0 aliphatic carbocycles. The maximum absolute atomic E-state index is 13.1. The van der Waals surface area contributed by atoms with E-state index in [2.05, 4.69) is 11.0 Å². The minimum Gasteiger partial charge on any atom is -0.445 e. The minimum atomic E-state index is -3.59. The summed E-state index contributed by atoms with van der Waals surface area (Å²) in [5.41, 5.74) is 6.33. The Bertz CT molecular complexity index is 1350. The van der Waals surface area contributed by atoms with E-state index in [1.165, 1.54) is 9.21 Å². The zero-order valence-electron chi connectivity index (χ0n) is 23.3. The fourth-order valence-corrected chi connectivity index (χ4v) is 7.23. The fourth-order valence-electron chi connectivity index (χ4n) is 5.13. The molecule has 1 fully saturated rings. The second-order valence-corrected chi connectivity index (χ2v) is 13.3. The van der Waals surface area contributed by atoms with Crippen LogP contribution in [0.3, 0.4) is 0 Å². The first-order valence-electron chi connectivity index (χ1n) is 13.8. The number of hydrogen-bond acceptors (Lipinski definition) is 7. The third-order valence-electron chi connectivity index (χ3n) is 7.43. The number of amides is 2. The molecule has 1 aliphatic rings. The quantitative estimate of drug-likeness (QED) is 0.317. The lowest BCUT2D eigenvalue weighted by Crippen LogP contribution is -2.50. The third kappa shape index (κ3) is 8.62. The molecule has 0 saturated carbocycles. The summed E-state index contributed by atoms with van der Waals surface area (Å²) in [6, 6.07) is 21.8. The molecule has 0 bridgehead atoms. The van der Waals surface area contributed by atoms with E-state index in [0.717, 1.165) is 36.5 Å². The second kappa shape index (κ2) is 14.6. The van der Waals surface area contributed by atoms with Crippen LogP contribution in [0.15, 0.2) is 83.1 Å². The highest BCUT2D eigenvalue weighted by Gasteiger charge is 2.31. The van der Waals surface area contributed by atoms with Crippen molar-refractivity contribution in [1.82, 2.24) is 14.1 Å². The van der Waals surface area contributed by atoms with E-state index in [9.17, 15) is 18.0 Å². The molecule has 220 valence electrons. The van der Waals surface area contributed by atoms with Gasteiger partial charge in [0.15, 0.2) is 0 Å². The zero-order chi connectivity index (χ0) is 29.2. The Morgan fingerprint density at radius 1 is 1.02 bits per heavy atom. The smallest absolute Gasteiger partial charge is 0.410 e. The Hall–Kier alpha value is -3.25. The zero-order valence-corrected chi connectivity index (χ0v) is 24.9. The van der Waals surface area contributed by atoms with Crippen molar-refractivity contribution in [3.63, 3.8) is 0 Å². The number of benzene rings is 2. The van der Waals surface area contributed by atoms with Gasteiger partial charge in [-0.1, -0.05) is 54.6 Å². The first kappa shape index (κ1) is 30.7. The second-order valence-electron chi connectivity index (χ2n) is 10.3. The summed E-state index contributed by atoms with van der Waals surface area (Å²) in [6.07, 6.45) is 1.65. The van der Waals surface area contributed by atoms with Crippen molar-refractivity contribution in [3.05, 3.63) is 88.6 Å². The number of ether oxygens (including phenoxy) is 1. The van der Waals surface area contributed by atoms with Crippen LogP contribution in [-0.4, -0.2) is 80.3 Å². The normalized spacial score (nSPS) is 15.5. The molecule has 0 spiro atoms. The molecular formula is C30H38N4O5S2. The Kier molecular flexibility index (Phi) is 10.9. The largest absolute Gasteiger partial charge is 0.445 e. The lowest BCUT2D eigenvalue weighted by Gasteiger charge is -2.38. The molecule has 1 atom stereocenters. The van der Waals surface area contributed by atoms with Crippen LogP contribution in [0.4, 0.5) is 4.79 Å². The predicted octanol–water partition coefficient (Wildman–Crippen LogP) is 4.13. The van der Waals surface area contributed by atoms with Gasteiger partial charge in [0, 0.05) is 43.5 Å². The number of likely N-dealkylation sites (tertiary alicyclic amines) is 1. The summed E-state index contributed by atoms with van der Waals surface area (Å²) in [5, 5.41) is 2.02.